The molecule has 0 fully saturated rings. The van der Waals surface area contributed by atoms with Crippen LogP contribution in [0.25, 0.3) is 0 Å². The van der Waals surface area contributed by atoms with Crippen LogP contribution in [0.2, 0.25) is 0 Å². The third-order valence-corrected chi connectivity index (χ3v) is 8.28. The molecule has 0 heterocycles. The number of aryl methyl sites for hydroxylation is 1. The van der Waals surface area contributed by atoms with Crippen molar-refractivity contribution < 1.29 is 22.7 Å². The first-order valence-electron chi connectivity index (χ1n) is 13.2. The van der Waals surface area contributed by atoms with Gasteiger partial charge in [0.2, 0.25) is 0 Å². The van der Waals surface area contributed by atoms with Gasteiger partial charge in [-0.05, 0) is 85.6 Å². The van der Waals surface area contributed by atoms with Crippen LogP contribution in [-0.2, 0) is 14.8 Å². The molecule has 2 amide bonds. The van der Waals surface area contributed by atoms with E-state index >= 15 is 0 Å². The highest BCUT2D eigenvalue weighted by atomic mass is 32.2. The predicted octanol–water partition coefficient (Wildman–Crippen LogP) is 4.84. The number of hydrazone groups is 1. The Labute approximate surface area is 245 Å². The Morgan fingerprint density at radius 3 is 2.19 bits per heavy atom. The molecule has 2 N–H and O–H groups in total. The molecule has 42 heavy (non-hydrogen) atoms. The number of carbonyl (C=O) groups excluding carboxylic acids is 2. The molecule has 9 nitrogen and oxygen atoms in total. The molecule has 4 aromatic rings. The number of hydrogen-bond acceptors (Lipinski definition) is 6. The Morgan fingerprint density at radius 2 is 1.55 bits per heavy atom. The van der Waals surface area contributed by atoms with E-state index in [1.807, 2.05) is 44.2 Å². The van der Waals surface area contributed by atoms with Crippen LogP contribution in [0, 0.1) is 6.92 Å². The van der Waals surface area contributed by atoms with E-state index < -0.39 is 15.9 Å². The molecule has 0 radical (unpaired) electrons. The summed E-state index contributed by atoms with van der Waals surface area (Å²) >= 11 is 0. The number of sulfonamides is 1. The average molecular weight is 585 g/mol. The molecule has 0 saturated carbocycles. The highest BCUT2D eigenvalue weighted by Gasteiger charge is 2.21. The summed E-state index contributed by atoms with van der Waals surface area (Å²) < 4.78 is 32.6. The minimum atomic E-state index is -3.73. The summed E-state index contributed by atoms with van der Waals surface area (Å²) in [4.78, 5) is 24.9. The van der Waals surface area contributed by atoms with Crippen molar-refractivity contribution in [3.63, 3.8) is 0 Å². The van der Waals surface area contributed by atoms with Crippen LogP contribution in [0.1, 0.15) is 40.0 Å². The molecular weight excluding hydrogens is 552 g/mol. The van der Waals surface area contributed by atoms with Crippen LogP contribution < -0.4 is 19.8 Å². The highest BCUT2D eigenvalue weighted by molar-refractivity contribution is 7.92. The normalized spacial score (nSPS) is 12.0. The van der Waals surface area contributed by atoms with Crippen molar-refractivity contribution in [2.45, 2.75) is 24.8 Å². The van der Waals surface area contributed by atoms with Gasteiger partial charge in [-0.15, -0.1) is 0 Å². The number of ether oxygens (including phenoxy) is 1. The van der Waals surface area contributed by atoms with Crippen LogP contribution >= 0.6 is 0 Å². The fourth-order valence-corrected chi connectivity index (χ4v) is 5.16. The molecule has 0 saturated heterocycles. The highest BCUT2D eigenvalue weighted by Crippen LogP contribution is 2.23. The van der Waals surface area contributed by atoms with E-state index in [0.717, 1.165) is 11.1 Å². The van der Waals surface area contributed by atoms with Crippen LogP contribution in [0.15, 0.2) is 113 Å². The van der Waals surface area contributed by atoms with Gasteiger partial charge < -0.3 is 10.1 Å². The molecule has 4 rings (SSSR count). The lowest BCUT2D eigenvalue weighted by molar-refractivity contribution is -0.123. The maximum Gasteiger partial charge on any atom is 0.271 e. The zero-order valence-corrected chi connectivity index (χ0v) is 24.3. The zero-order valence-electron chi connectivity index (χ0n) is 23.5. The van der Waals surface area contributed by atoms with E-state index in [2.05, 4.69) is 15.8 Å². The molecule has 10 heteroatoms. The molecule has 0 aliphatic carbocycles. The summed E-state index contributed by atoms with van der Waals surface area (Å²) in [7, 11) is -2.27. The first kappa shape index (κ1) is 30.0. The first-order chi connectivity index (χ1) is 20.1. The predicted molar refractivity (Wildman–Crippen MR) is 163 cm³/mol. The summed E-state index contributed by atoms with van der Waals surface area (Å²) in [6.07, 6.45) is 1.48. The van der Waals surface area contributed by atoms with Crippen molar-refractivity contribution in [3.05, 3.63) is 125 Å². The molecule has 0 spiro atoms. The van der Waals surface area contributed by atoms with Gasteiger partial charge >= 0.3 is 0 Å². The number of carbonyl (C=O) groups is 2. The molecule has 0 aliphatic rings. The second-order valence-corrected chi connectivity index (χ2v) is 11.6. The summed E-state index contributed by atoms with van der Waals surface area (Å²) in [6, 6.07) is 29.2. The Balaban J connectivity index is 1.25. The maximum atomic E-state index is 12.9. The van der Waals surface area contributed by atoms with Gasteiger partial charge in [0.15, 0.2) is 6.61 Å². The number of rotatable bonds is 11. The van der Waals surface area contributed by atoms with Crippen molar-refractivity contribution in [3.8, 4) is 5.75 Å². The minimum Gasteiger partial charge on any atom is -0.484 e. The molecule has 0 bridgehead atoms. The van der Waals surface area contributed by atoms with Crippen molar-refractivity contribution >= 4 is 33.7 Å². The number of amides is 2. The lowest BCUT2D eigenvalue weighted by atomic mass is 10.1. The number of nitrogens with zero attached hydrogens (tertiary/aromatic N) is 2. The molecule has 4 aromatic carbocycles. The topological polar surface area (TPSA) is 117 Å². The van der Waals surface area contributed by atoms with Crippen molar-refractivity contribution in [1.82, 2.24) is 10.7 Å². The summed E-state index contributed by atoms with van der Waals surface area (Å²) in [5.74, 6) is -0.155. The third-order valence-electron chi connectivity index (χ3n) is 6.48. The lowest BCUT2D eigenvalue weighted by Gasteiger charge is -2.19. The second kappa shape index (κ2) is 13.6. The SMILES string of the molecule is Cc1ccc(S(=O)(=O)N(C)c2ccc(C(=O)N/N=C\c3ccc(OCC(=O)N[C@@H](C)c4ccccc4)cc3)cc2)cc1. The maximum absolute atomic E-state index is 12.9. The van der Waals surface area contributed by atoms with E-state index in [4.69, 9.17) is 4.74 Å². The molecule has 216 valence electrons. The van der Waals surface area contributed by atoms with Gasteiger partial charge in [-0.2, -0.15) is 5.10 Å². The third kappa shape index (κ3) is 7.82. The van der Waals surface area contributed by atoms with Gasteiger partial charge in [-0.3, -0.25) is 13.9 Å². The lowest BCUT2D eigenvalue weighted by Crippen LogP contribution is -2.31. The van der Waals surface area contributed by atoms with Crippen LogP contribution in [0.4, 0.5) is 5.69 Å². The largest absolute Gasteiger partial charge is 0.484 e. The first-order valence-corrected chi connectivity index (χ1v) is 14.6. The van der Waals surface area contributed by atoms with E-state index in [0.29, 0.717) is 22.6 Å². The monoisotopic (exact) mass is 584 g/mol. The van der Waals surface area contributed by atoms with Crippen LogP contribution in [-0.4, -0.2) is 40.1 Å². The Kier molecular flexibility index (Phi) is 9.72. The van der Waals surface area contributed by atoms with Crippen molar-refractivity contribution in [1.29, 1.82) is 0 Å². The second-order valence-electron chi connectivity index (χ2n) is 9.59. The Bertz CT molecular complexity index is 1640. The zero-order chi connectivity index (χ0) is 30.1. The number of benzene rings is 4. The summed E-state index contributed by atoms with van der Waals surface area (Å²) in [5, 5.41) is 6.89. The average Bonchev–Trinajstić information content (AvgIpc) is 3.01. The van der Waals surface area contributed by atoms with Crippen LogP contribution in [0.3, 0.4) is 0 Å². The minimum absolute atomic E-state index is 0.118. The molecule has 0 aromatic heterocycles. The fourth-order valence-electron chi connectivity index (χ4n) is 3.97. The van der Waals surface area contributed by atoms with Gasteiger partial charge in [-0.25, -0.2) is 13.8 Å². The molecule has 0 aliphatic heterocycles. The quantitative estimate of drug-likeness (QED) is 0.193. The standard InChI is InChI=1S/C32H32N4O5S/c1-23-9-19-30(20-10-23)42(39,40)36(3)28-15-13-27(14-16-28)32(38)35-33-21-25-11-17-29(18-12-25)41-22-31(37)34-24(2)26-7-5-4-6-8-26/h4-21,24H,22H2,1-3H3,(H,34,37)(H,35,38)/b33-21-/t24-/m0/s1. The van der Waals surface area contributed by atoms with E-state index in [-0.39, 0.29) is 23.5 Å². The van der Waals surface area contributed by atoms with Gasteiger partial charge in [0, 0.05) is 12.6 Å². The van der Waals surface area contributed by atoms with Gasteiger partial charge in [-0.1, -0.05) is 48.0 Å². The van der Waals surface area contributed by atoms with Gasteiger partial charge in [0.25, 0.3) is 21.8 Å². The number of nitrogens with one attached hydrogen (secondary N) is 2. The summed E-state index contributed by atoms with van der Waals surface area (Å²) in [5.41, 5.74) is 5.88. The number of anilines is 1. The Hall–Kier alpha value is -4.96. The summed E-state index contributed by atoms with van der Waals surface area (Å²) in [6.45, 7) is 3.68. The van der Waals surface area contributed by atoms with E-state index in [1.54, 1.807) is 60.7 Å². The van der Waals surface area contributed by atoms with Gasteiger partial charge in [0.1, 0.15) is 5.75 Å². The molecular formula is C32H32N4O5S. The Morgan fingerprint density at radius 1 is 0.905 bits per heavy atom. The molecule has 1 atom stereocenters. The van der Waals surface area contributed by atoms with E-state index in [9.17, 15) is 18.0 Å². The van der Waals surface area contributed by atoms with E-state index in [1.165, 1.54) is 29.7 Å². The van der Waals surface area contributed by atoms with Crippen LogP contribution in [0.5, 0.6) is 5.75 Å². The molecule has 0 unspecified atom stereocenters. The smallest absolute Gasteiger partial charge is 0.271 e. The van der Waals surface area contributed by atoms with Crippen molar-refractivity contribution in [2.75, 3.05) is 18.0 Å². The fraction of sp³-hybridized carbons (Fsp3) is 0.156. The number of hydrogen-bond donors (Lipinski definition) is 2. The van der Waals surface area contributed by atoms with Gasteiger partial charge in [0.05, 0.1) is 22.8 Å². The van der Waals surface area contributed by atoms with Crippen molar-refractivity contribution in [2.24, 2.45) is 5.10 Å².